The van der Waals surface area contributed by atoms with Gasteiger partial charge in [0.2, 0.25) is 5.91 Å². The van der Waals surface area contributed by atoms with Crippen LogP contribution in [-0.2, 0) is 11.2 Å². The van der Waals surface area contributed by atoms with E-state index in [2.05, 4.69) is 5.32 Å². The van der Waals surface area contributed by atoms with E-state index in [1.165, 1.54) is 6.07 Å². The molecule has 0 aliphatic rings. The molecule has 1 amide bonds. The van der Waals surface area contributed by atoms with E-state index in [0.29, 0.717) is 11.3 Å². The van der Waals surface area contributed by atoms with Crippen molar-refractivity contribution in [2.24, 2.45) is 0 Å². The molecule has 0 aliphatic heterocycles. The van der Waals surface area contributed by atoms with E-state index < -0.39 is 4.92 Å². The molecule has 0 bridgehead atoms. The van der Waals surface area contributed by atoms with Crippen LogP contribution in [0.3, 0.4) is 0 Å². The lowest BCUT2D eigenvalue weighted by molar-refractivity contribution is -0.385. The fourth-order valence-electron chi connectivity index (χ4n) is 2.44. The van der Waals surface area contributed by atoms with Crippen molar-refractivity contribution in [2.45, 2.75) is 6.42 Å². The molecule has 0 unspecified atom stereocenters. The minimum absolute atomic E-state index is 0.0424. The molecule has 3 rings (SSSR count). The van der Waals surface area contributed by atoms with Crippen LogP contribution in [0.1, 0.15) is 5.56 Å². The maximum Gasteiger partial charge on any atom is 0.273 e. The first-order valence-corrected chi connectivity index (χ1v) is 8.18. The fourth-order valence-corrected chi connectivity index (χ4v) is 3.21. The lowest BCUT2D eigenvalue weighted by Gasteiger charge is -2.10. The van der Waals surface area contributed by atoms with E-state index in [4.69, 9.17) is 0 Å². The van der Waals surface area contributed by atoms with Gasteiger partial charge in [0.1, 0.15) is 0 Å². The normalized spacial score (nSPS) is 10.3. The maximum absolute atomic E-state index is 12.3. The number of benzene rings is 2. The van der Waals surface area contributed by atoms with Gasteiger partial charge in [-0.15, -0.1) is 11.3 Å². The topological polar surface area (TPSA) is 72.2 Å². The monoisotopic (exact) mass is 338 g/mol. The number of thiophene rings is 1. The molecule has 0 saturated heterocycles. The van der Waals surface area contributed by atoms with Crippen LogP contribution in [0.5, 0.6) is 0 Å². The molecule has 120 valence electrons. The SMILES string of the molecule is O=C(Cc1ccccc1[N+](=O)[O-])Nc1ccccc1-c1cccs1. The highest BCUT2D eigenvalue weighted by molar-refractivity contribution is 7.13. The second-order valence-electron chi connectivity index (χ2n) is 5.13. The number of amides is 1. The molecule has 0 saturated carbocycles. The smallest absolute Gasteiger partial charge is 0.273 e. The van der Waals surface area contributed by atoms with Gasteiger partial charge in [0.05, 0.1) is 11.3 Å². The van der Waals surface area contributed by atoms with E-state index >= 15 is 0 Å². The molecular formula is C18H14N2O3S. The Morgan fingerprint density at radius 3 is 2.54 bits per heavy atom. The van der Waals surface area contributed by atoms with Crippen molar-refractivity contribution in [2.75, 3.05) is 5.32 Å². The van der Waals surface area contributed by atoms with Crippen LogP contribution < -0.4 is 5.32 Å². The number of nitrogens with zero attached hydrogens (tertiary/aromatic N) is 1. The third-order valence-corrected chi connectivity index (χ3v) is 4.43. The highest BCUT2D eigenvalue weighted by Crippen LogP contribution is 2.31. The van der Waals surface area contributed by atoms with Gasteiger partial charge in [0.15, 0.2) is 0 Å². The van der Waals surface area contributed by atoms with Crippen LogP contribution in [0.2, 0.25) is 0 Å². The average Bonchev–Trinajstić information content (AvgIpc) is 3.10. The zero-order chi connectivity index (χ0) is 16.9. The van der Waals surface area contributed by atoms with E-state index in [0.717, 1.165) is 10.4 Å². The second-order valence-corrected chi connectivity index (χ2v) is 6.08. The van der Waals surface area contributed by atoms with Crippen LogP contribution in [0, 0.1) is 10.1 Å². The Hall–Kier alpha value is -2.99. The summed E-state index contributed by atoms with van der Waals surface area (Å²) in [6, 6.07) is 17.7. The number of nitrogens with one attached hydrogen (secondary N) is 1. The number of carbonyl (C=O) groups is 1. The number of hydrogen-bond donors (Lipinski definition) is 1. The number of nitro groups is 1. The van der Waals surface area contributed by atoms with Gasteiger partial charge in [0.25, 0.3) is 5.69 Å². The summed E-state index contributed by atoms with van der Waals surface area (Å²) in [6.07, 6.45) is -0.0457. The van der Waals surface area contributed by atoms with Crippen molar-refractivity contribution >= 4 is 28.6 Å². The Morgan fingerprint density at radius 2 is 1.79 bits per heavy atom. The third kappa shape index (κ3) is 3.49. The van der Waals surface area contributed by atoms with E-state index in [9.17, 15) is 14.9 Å². The number of carbonyl (C=O) groups excluding carboxylic acids is 1. The summed E-state index contributed by atoms with van der Waals surface area (Å²) >= 11 is 1.59. The molecule has 0 radical (unpaired) electrons. The average molecular weight is 338 g/mol. The molecule has 1 heterocycles. The van der Waals surface area contributed by atoms with E-state index in [-0.39, 0.29) is 18.0 Å². The van der Waals surface area contributed by atoms with Crippen molar-refractivity contribution in [1.82, 2.24) is 0 Å². The summed E-state index contributed by atoms with van der Waals surface area (Å²) in [5, 5.41) is 15.9. The van der Waals surface area contributed by atoms with Gasteiger partial charge in [-0.05, 0) is 17.5 Å². The number of hydrogen-bond acceptors (Lipinski definition) is 4. The van der Waals surface area contributed by atoms with Crippen molar-refractivity contribution < 1.29 is 9.72 Å². The first-order valence-electron chi connectivity index (χ1n) is 7.30. The Kier molecular flexibility index (Phi) is 4.67. The molecule has 0 spiro atoms. The van der Waals surface area contributed by atoms with Gasteiger partial charge in [-0.2, -0.15) is 0 Å². The predicted molar refractivity (Wildman–Crippen MR) is 95.2 cm³/mol. The third-order valence-electron chi connectivity index (χ3n) is 3.53. The standard InChI is InChI=1S/C18H14N2O3S/c21-18(12-13-6-1-4-9-16(13)20(22)23)19-15-8-3-2-7-14(15)17-10-5-11-24-17/h1-11H,12H2,(H,19,21). The van der Waals surface area contributed by atoms with Gasteiger partial charge in [-0.3, -0.25) is 14.9 Å². The van der Waals surface area contributed by atoms with E-state index in [1.54, 1.807) is 29.5 Å². The van der Waals surface area contributed by atoms with Crippen LogP contribution >= 0.6 is 11.3 Å². The zero-order valence-corrected chi connectivity index (χ0v) is 13.5. The summed E-state index contributed by atoms with van der Waals surface area (Å²) in [5.41, 5.74) is 1.99. The van der Waals surface area contributed by atoms with Crippen LogP contribution in [0.25, 0.3) is 10.4 Å². The Bertz CT molecular complexity index is 875. The predicted octanol–water partition coefficient (Wildman–Crippen LogP) is 4.50. The highest BCUT2D eigenvalue weighted by atomic mass is 32.1. The van der Waals surface area contributed by atoms with Gasteiger partial charge >= 0.3 is 0 Å². The van der Waals surface area contributed by atoms with Crippen LogP contribution in [-0.4, -0.2) is 10.8 Å². The molecule has 2 aromatic carbocycles. The van der Waals surface area contributed by atoms with Gasteiger partial charge in [0, 0.05) is 27.8 Å². The molecule has 24 heavy (non-hydrogen) atoms. The number of anilines is 1. The van der Waals surface area contributed by atoms with Gasteiger partial charge in [-0.25, -0.2) is 0 Å². The summed E-state index contributed by atoms with van der Waals surface area (Å²) in [5.74, 6) is -0.284. The first-order chi connectivity index (χ1) is 11.6. The van der Waals surface area contributed by atoms with Crippen molar-refractivity contribution in [3.8, 4) is 10.4 Å². The molecule has 0 atom stereocenters. The highest BCUT2D eigenvalue weighted by Gasteiger charge is 2.16. The maximum atomic E-state index is 12.3. The fraction of sp³-hybridized carbons (Fsp3) is 0.0556. The summed E-state index contributed by atoms with van der Waals surface area (Å²) in [4.78, 5) is 24.0. The Balaban J connectivity index is 1.81. The minimum atomic E-state index is -0.470. The number of rotatable bonds is 5. The Morgan fingerprint density at radius 1 is 1.04 bits per heavy atom. The van der Waals surface area contributed by atoms with Crippen molar-refractivity contribution in [3.63, 3.8) is 0 Å². The van der Waals surface area contributed by atoms with Crippen molar-refractivity contribution in [3.05, 3.63) is 81.7 Å². The Labute approximate surface area is 142 Å². The summed E-state index contributed by atoms with van der Waals surface area (Å²) in [6.45, 7) is 0. The largest absolute Gasteiger partial charge is 0.325 e. The van der Waals surface area contributed by atoms with Crippen molar-refractivity contribution in [1.29, 1.82) is 0 Å². The molecule has 1 N–H and O–H groups in total. The zero-order valence-electron chi connectivity index (χ0n) is 12.6. The lowest BCUT2D eigenvalue weighted by Crippen LogP contribution is -2.15. The molecule has 1 aromatic heterocycles. The summed E-state index contributed by atoms with van der Waals surface area (Å²) in [7, 11) is 0. The molecule has 5 nitrogen and oxygen atoms in total. The molecular weight excluding hydrogens is 324 g/mol. The molecule has 3 aromatic rings. The first kappa shape index (κ1) is 15.9. The number of nitro benzene ring substituents is 1. The number of para-hydroxylation sites is 2. The molecule has 0 fully saturated rings. The van der Waals surface area contributed by atoms with Crippen LogP contribution in [0.4, 0.5) is 11.4 Å². The quantitative estimate of drug-likeness (QED) is 0.550. The summed E-state index contributed by atoms with van der Waals surface area (Å²) < 4.78 is 0. The second kappa shape index (κ2) is 7.06. The molecule has 0 aliphatic carbocycles. The van der Waals surface area contributed by atoms with E-state index in [1.807, 2.05) is 41.8 Å². The molecule has 6 heteroatoms. The lowest BCUT2D eigenvalue weighted by atomic mass is 10.1. The minimum Gasteiger partial charge on any atom is -0.325 e. The van der Waals surface area contributed by atoms with Gasteiger partial charge in [-0.1, -0.05) is 42.5 Å². The van der Waals surface area contributed by atoms with Gasteiger partial charge < -0.3 is 5.32 Å². The van der Waals surface area contributed by atoms with Crippen LogP contribution in [0.15, 0.2) is 66.0 Å².